The zero-order chi connectivity index (χ0) is 13.1. The monoisotopic (exact) mass is 230 g/mol. The minimum atomic E-state index is -1.06. The van der Waals surface area contributed by atoms with Crippen molar-refractivity contribution in [2.45, 2.75) is 39.2 Å². The molecule has 0 heterocycles. The van der Waals surface area contributed by atoms with Gasteiger partial charge in [-0.05, 0) is 27.2 Å². The molecule has 0 aliphatic heterocycles. The van der Waals surface area contributed by atoms with Gasteiger partial charge in [-0.2, -0.15) is 0 Å². The van der Waals surface area contributed by atoms with Crippen LogP contribution >= 0.6 is 0 Å². The second kappa shape index (κ2) is 4.82. The van der Waals surface area contributed by atoms with E-state index in [-0.39, 0.29) is 12.3 Å². The number of carboxylic acids is 1. The number of carbonyl (C=O) groups is 2. The first-order valence-electron chi connectivity index (χ1n) is 5.25. The van der Waals surface area contributed by atoms with Gasteiger partial charge in [0.25, 0.3) is 0 Å². The summed E-state index contributed by atoms with van der Waals surface area (Å²) in [5.74, 6) is -0.993. The number of carbonyl (C=O) groups excluding carboxylic acids is 1. The maximum Gasteiger partial charge on any atom is 0.310 e. The highest BCUT2D eigenvalue weighted by atomic mass is 16.4. The molecule has 0 aliphatic rings. The van der Waals surface area contributed by atoms with Crippen molar-refractivity contribution < 1.29 is 14.7 Å². The lowest BCUT2D eigenvalue weighted by Crippen LogP contribution is -2.54. The molecule has 0 fully saturated rings. The van der Waals surface area contributed by atoms with E-state index in [0.717, 1.165) is 0 Å². The van der Waals surface area contributed by atoms with Gasteiger partial charge in [0.1, 0.15) is 0 Å². The molecule has 94 valence electrons. The van der Waals surface area contributed by atoms with Crippen molar-refractivity contribution in [3.8, 4) is 0 Å². The molecule has 1 amide bonds. The highest BCUT2D eigenvalue weighted by molar-refractivity contribution is 5.77. The minimum Gasteiger partial charge on any atom is -0.481 e. The predicted octanol–water partition coefficient (Wildman–Crippen LogP) is 0.683. The fraction of sp³-hybridized carbons (Fsp3) is 0.818. The summed E-state index contributed by atoms with van der Waals surface area (Å²) in [5, 5.41) is 9.08. The largest absolute Gasteiger partial charge is 0.481 e. The van der Waals surface area contributed by atoms with E-state index in [9.17, 15) is 9.59 Å². The SMILES string of the molecule is CN(C)C(=O)CCC(C)(N)C(C)(C)C(=O)O. The fourth-order valence-corrected chi connectivity index (χ4v) is 1.15. The first kappa shape index (κ1) is 14.9. The zero-order valence-corrected chi connectivity index (χ0v) is 10.7. The minimum absolute atomic E-state index is 0.0436. The number of hydrogen-bond donors (Lipinski definition) is 2. The summed E-state index contributed by atoms with van der Waals surface area (Å²) in [6.45, 7) is 4.83. The molecule has 1 atom stereocenters. The van der Waals surface area contributed by atoms with Gasteiger partial charge in [-0.3, -0.25) is 9.59 Å². The molecular formula is C11H22N2O3. The van der Waals surface area contributed by atoms with E-state index in [4.69, 9.17) is 10.8 Å². The van der Waals surface area contributed by atoms with Gasteiger partial charge >= 0.3 is 5.97 Å². The molecule has 0 aromatic rings. The van der Waals surface area contributed by atoms with Gasteiger partial charge in [-0.25, -0.2) is 0 Å². The molecule has 0 radical (unpaired) electrons. The Morgan fingerprint density at radius 1 is 1.25 bits per heavy atom. The Kier molecular flexibility index (Phi) is 4.49. The van der Waals surface area contributed by atoms with Gasteiger partial charge in [0.15, 0.2) is 0 Å². The lowest BCUT2D eigenvalue weighted by Gasteiger charge is -2.38. The van der Waals surface area contributed by atoms with E-state index in [0.29, 0.717) is 6.42 Å². The molecular weight excluding hydrogens is 208 g/mol. The summed E-state index contributed by atoms with van der Waals surface area (Å²) < 4.78 is 0. The van der Waals surface area contributed by atoms with Crippen LogP contribution in [0.2, 0.25) is 0 Å². The van der Waals surface area contributed by atoms with Crippen molar-refractivity contribution in [2.24, 2.45) is 11.1 Å². The summed E-state index contributed by atoms with van der Waals surface area (Å²) in [6.07, 6.45) is 0.611. The highest BCUT2D eigenvalue weighted by Gasteiger charge is 2.43. The van der Waals surface area contributed by atoms with Crippen molar-refractivity contribution in [3.63, 3.8) is 0 Å². The summed E-state index contributed by atoms with van der Waals surface area (Å²) in [5.41, 5.74) is 4.02. The molecule has 0 aromatic carbocycles. The number of nitrogens with two attached hydrogens (primary N) is 1. The van der Waals surface area contributed by atoms with E-state index >= 15 is 0 Å². The first-order chi connectivity index (χ1) is 7.02. The number of hydrogen-bond acceptors (Lipinski definition) is 3. The van der Waals surface area contributed by atoms with Crippen LogP contribution in [-0.4, -0.2) is 41.5 Å². The third-order valence-corrected chi connectivity index (χ3v) is 3.32. The molecule has 3 N–H and O–H groups in total. The molecule has 0 saturated heterocycles. The quantitative estimate of drug-likeness (QED) is 0.727. The second-order valence-corrected chi connectivity index (χ2v) is 5.14. The molecule has 5 nitrogen and oxygen atoms in total. The second-order valence-electron chi connectivity index (χ2n) is 5.14. The van der Waals surface area contributed by atoms with Crippen molar-refractivity contribution in [1.82, 2.24) is 4.90 Å². The number of carboxylic acid groups (broad SMARTS) is 1. The average molecular weight is 230 g/mol. The van der Waals surface area contributed by atoms with Crippen LogP contribution in [0.3, 0.4) is 0 Å². The molecule has 5 heteroatoms. The Bertz CT molecular complexity index is 283. The van der Waals surface area contributed by atoms with Crippen LogP contribution in [0.4, 0.5) is 0 Å². The van der Waals surface area contributed by atoms with E-state index in [1.54, 1.807) is 34.9 Å². The van der Waals surface area contributed by atoms with Crippen LogP contribution in [0.15, 0.2) is 0 Å². The molecule has 0 aromatic heterocycles. The van der Waals surface area contributed by atoms with E-state index in [1.807, 2.05) is 0 Å². The summed E-state index contributed by atoms with van der Waals surface area (Å²) >= 11 is 0. The lowest BCUT2D eigenvalue weighted by molar-refractivity contribution is -0.151. The average Bonchev–Trinajstić information content (AvgIpc) is 2.13. The summed E-state index contributed by atoms with van der Waals surface area (Å²) in [7, 11) is 3.33. The van der Waals surface area contributed by atoms with Crippen molar-refractivity contribution in [1.29, 1.82) is 0 Å². The molecule has 0 rings (SSSR count). The van der Waals surface area contributed by atoms with Gasteiger partial charge in [0.05, 0.1) is 5.41 Å². The van der Waals surface area contributed by atoms with Crippen LogP contribution in [0.1, 0.15) is 33.6 Å². The molecule has 1 unspecified atom stereocenters. The molecule has 16 heavy (non-hydrogen) atoms. The van der Waals surface area contributed by atoms with E-state index < -0.39 is 16.9 Å². The summed E-state index contributed by atoms with van der Waals surface area (Å²) in [6, 6.07) is 0. The van der Waals surface area contributed by atoms with Gasteiger partial charge in [-0.15, -0.1) is 0 Å². The predicted molar refractivity (Wildman–Crippen MR) is 61.9 cm³/mol. The van der Waals surface area contributed by atoms with Crippen LogP contribution < -0.4 is 5.73 Å². The molecule has 0 aliphatic carbocycles. The van der Waals surface area contributed by atoms with Crippen LogP contribution in [0.25, 0.3) is 0 Å². The Morgan fingerprint density at radius 2 is 1.69 bits per heavy atom. The maximum absolute atomic E-state index is 11.4. The first-order valence-corrected chi connectivity index (χ1v) is 5.25. The third-order valence-electron chi connectivity index (χ3n) is 3.32. The molecule has 0 saturated carbocycles. The van der Waals surface area contributed by atoms with Crippen molar-refractivity contribution in [2.75, 3.05) is 14.1 Å². The Labute approximate surface area is 96.6 Å². The Hall–Kier alpha value is -1.10. The Morgan fingerprint density at radius 3 is 2.00 bits per heavy atom. The lowest BCUT2D eigenvalue weighted by atomic mass is 9.71. The Balaban J connectivity index is 4.58. The zero-order valence-electron chi connectivity index (χ0n) is 10.7. The van der Waals surface area contributed by atoms with Crippen molar-refractivity contribution in [3.05, 3.63) is 0 Å². The topological polar surface area (TPSA) is 83.6 Å². The van der Waals surface area contributed by atoms with Gasteiger partial charge in [-0.1, -0.05) is 0 Å². The normalized spacial score (nSPS) is 15.4. The third kappa shape index (κ3) is 3.20. The van der Waals surface area contributed by atoms with Gasteiger partial charge < -0.3 is 15.7 Å². The molecule has 0 bridgehead atoms. The standard InChI is InChI=1S/C11H22N2O3/c1-10(2,9(15)16)11(3,12)7-6-8(14)13(4)5/h6-7,12H2,1-5H3,(H,15,16). The van der Waals surface area contributed by atoms with Gasteiger partial charge in [0, 0.05) is 26.1 Å². The van der Waals surface area contributed by atoms with Crippen molar-refractivity contribution >= 4 is 11.9 Å². The van der Waals surface area contributed by atoms with Crippen LogP contribution in [-0.2, 0) is 9.59 Å². The summed E-state index contributed by atoms with van der Waals surface area (Å²) in [4.78, 5) is 24.0. The smallest absolute Gasteiger partial charge is 0.310 e. The number of aliphatic carboxylic acids is 1. The highest BCUT2D eigenvalue weighted by Crippen LogP contribution is 2.32. The van der Waals surface area contributed by atoms with E-state index in [1.165, 1.54) is 4.90 Å². The molecule has 0 spiro atoms. The van der Waals surface area contributed by atoms with E-state index in [2.05, 4.69) is 0 Å². The van der Waals surface area contributed by atoms with Crippen LogP contribution in [0.5, 0.6) is 0 Å². The van der Waals surface area contributed by atoms with Gasteiger partial charge in [0.2, 0.25) is 5.91 Å². The number of nitrogens with zero attached hydrogens (tertiary/aromatic N) is 1. The maximum atomic E-state index is 11.4. The fourth-order valence-electron chi connectivity index (χ4n) is 1.15. The van der Waals surface area contributed by atoms with Crippen LogP contribution in [0, 0.1) is 5.41 Å². The number of rotatable bonds is 5. The number of amides is 1.